The number of nitrogens with zero attached hydrogens (tertiary/aromatic N) is 2. The third kappa shape index (κ3) is 5.50. The molecule has 0 N–H and O–H groups in total. The van der Waals surface area contributed by atoms with Gasteiger partial charge in [0, 0.05) is 38.9 Å². The molecule has 1 atom stereocenters. The summed E-state index contributed by atoms with van der Waals surface area (Å²) >= 11 is 0. The van der Waals surface area contributed by atoms with Gasteiger partial charge in [0.15, 0.2) is 0 Å². The van der Waals surface area contributed by atoms with Crippen LogP contribution in [0, 0.1) is 11.2 Å². The van der Waals surface area contributed by atoms with E-state index >= 15 is 0 Å². The lowest BCUT2D eigenvalue weighted by Gasteiger charge is -2.44. The minimum atomic E-state index is -0.287. The Labute approximate surface area is 178 Å². The van der Waals surface area contributed by atoms with Gasteiger partial charge in [0.1, 0.15) is 30.9 Å². The van der Waals surface area contributed by atoms with Crippen molar-refractivity contribution in [2.75, 3.05) is 52.6 Å². The molecule has 1 aromatic rings. The number of likely N-dealkylation sites (tertiary alicyclic amines) is 1. The number of amides is 1. The molecule has 3 fully saturated rings. The Balaban J connectivity index is 1.25. The molecule has 0 spiro atoms. The third-order valence-electron chi connectivity index (χ3n) is 6.72. The van der Waals surface area contributed by atoms with Crippen molar-refractivity contribution in [1.29, 1.82) is 0 Å². The molecule has 3 saturated heterocycles. The van der Waals surface area contributed by atoms with E-state index in [1.807, 2.05) is 4.90 Å². The largest absolute Gasteiger partial charge is 0.491 e. The zero-order chi connectivity index (χ0) is 21.0. The van der Waals surface area contributed by atoms with Crippen molar-refractivity contribution in [3.05, 3.63) is 30.1 Å². The van der Waals surface area contributed by atoms with E-state index in [1.165, 1.54) is 12.1 Å². The highest BCUT2D eigenvalue weighted by Gasteiger charge is 2.36. The number of ether oxygens (including phenoxy) is 3. The van der Waals surface area contributed by atoms with E-state index in [0.29, 0.717) is 24.3 Å². The number of hydrogen-bond acceptors (Lipinski definition) is 5. The Kier molecular flexibility index (Phi) is 6.91. The van der Waals surface area contributed by atoms with Crippen molar-refractivity contribution < 1.29 is 23.4 Å². The maximum atomic E-state index is 13.0. The predicted molar refractivity (Wildman–Crippen MR) is 111 cm³/mol. The standard InChI is InChI=1S/C23H33FN2O4/c1-23(8-12-28-13-9-23)17-25-10-6-19(7-11-25)26-14-21(30-16-22(26)27)15-29-20-4-2-18(24)3-5-20/h2-5,19,21H,6-17H2,1H3/t21-/m0/s1. The van der Waals surface area contributed by atoms with E-state index in [-0.39, 0.29) is 30.5 Å². The summed E-state index contributed by atoms with van der Waals surface area (Å²) in [6, 6.07) is 6.24. The summed E-state index contributed by atoms with van der Waals surface area (Å²) in [5, 5.41) is 0. The quantitative estimate of drug-likeness (QED) is 0.708. The van der Waals surface area contributed by atoms with Gasteiger partial charge in [-0.15, -0.1) is 0 Å². The monoisotopic (exact) mass is 420 g/mol. The van der Waals surface area contributed by atoms with Gasteiger partial charge >= 0.3 is 0 Å². The molecule has 0 aliphatic carbocycles. The van der Waals surface area contributed by atoms with Gasteiger partial charge in [0.25, 0.3) is 0 Å². The topological polar surface area (TPSA) is 51.2 Å². The van der Waals surface area contributed by atoms with Crippen LogP contribution >= 0.6 is 0 Å². The van der Waals surface area contributed by atoms with Crippen LogP contribution in [0.2, 0.25) is 0 Å². The molecule has 4 rings (SSSR count). The smallest absolute Gasteiger partial charge is 0.248 e. The molecule has 166 valence electrons. The van der Waals surface area contributed by atoms with E-state index in [4.69, 9.17) is 14.2 Å². The first-order chi connectivity index (χ1) is 14.5. The number of carbonyl (C=O) groups excluding carboxylic acids is 1. The zero-order valence-corrected chi connectivity index (χ0v) is 17.9. The van der Waals surface area contributed by atoms with Crippen LogP contribution in [-0.2, 0) is 14.3 Å². The highest BCUT2D eigenvalue weighted by atomic mass is 19.1. The van der Waals surface area contributed by atoms with E-state index in [9.17, 15) is 9.18 Å². The number of benzene rings is 1. The molecular formula is C23H33FN2O4. The first kappa shape index (κ1) is 21.5. The fourth-order valence-corrected chi connectivity index (χ4v) is 4.77. The molecule has 0 saturated carbocycles. The molecule has 3 aliphatic heterocycles. The highest BCUT2D eigenvalue weighted by molar-refractivity contribution is 5.78. The van der Waals surface area contributed by atoms with E-state index < -0.39 is 0 Å². The fourth-order valence-electron chi connectivity index (χ4n) is 4.77. The second-order valence-electron chi connectivity index (χ2n) is 9.17. The van der Waals surface area contributed by atoms with E-state index in [0.717, 1.165) is 58.5 Å². The molecule has 0 bridgehead atoms. The van der Waals surface area contributed by atoms with Crippen LogP contribution in [0.15, 0.2) is 24.3 Å². The Morgan fingerprint density at radius 3 is 2.57 bits per heavy atom. The SMILES string of the molecule is CC1(CN2CCC(N3C[C@@H](COc4ccc(F)cc4)OCC3=O)CC2)CCOCC1. The number of rotatable bonds is 6. The van der Waals surface area contributed by atoms with Gasteiger partial charge in [-0.1, -0.05) is 6.92 Å². The van der Waals surface area contributed by atoms with Crippen molar-refractivity contribution in [2.45, 2.75) is 44.8 Å². The van der Waals surface area contributed by atoms with Gasteiger partial charge in [-0.2, -0.15) is 0 Å². The predicted octanol–water partition coefficient (Wildman–Crippen LogP) is 2.71. The maximum Gasteiger partial charge on any atom is 0.248 e. The number of piperidine rings is 1. The molecule has 0 unspecified atom stereocenters. The first-order valence-corrected chi connectivity index (χ1v) is 11.1. The normalized spacial score (nSPS) is 26.0. The van der Waals surface area contributed by atoms with Crippen LogP contribution in [-0.4, -0.2) is 80.5 Å². The van der Waals surface area contributed by atoms with Crippen LogP contribution in [0.5, 0.6) is 5.75 Å². The minimum Gasteiger partial charge on any atom is -0.491 e. The molecule has 1 amide bonds. The summed E-state index contributed by atoms with van der Waals surface area (Å²) in [7, 11) is 0. The van der Waals surface area contributed by atoms with Gasteiger partial charge in [-0.3, -0.25) is 4.79 Å². The Bertz CT molecular complexity index is 700. The zero-order valence-electron chi connectivity index (χ0n) is 17.9. The molecule has 6 nitrogen and oxygen atoms in total. The number of halogens is 1. The fraction of sp³-hybridized carbons (Fsp3) is 0.696. The summed E-state index contributed by atoms with van der Waals surface area (Å²) in [4.78, 5) is 17.0. The van der Waals surface area contributed by atoms with E-state index in [1.54, 1.807) is 12.1 Å². The van der Waals surface area contributed by atoms with Crippen molar-refractivity contribution in [2.24, 2.45) is 5.41 Å². The summed E-state index contributed by atoms with van der Waals surface area (Å²) in [6.45, 7) is 8.31. The molecular weight excluding hydrogens is 387 g/mol. The lowest BCUT2D eigenvalue weighted by Crippen LogP contribution is -2.56. The van der Waals surface area contributed by atoms with Gasteiger partial charge in [0.2, 0.25) is 5.91 Å². The summed E-state index contributed by atoms with van der Waals surface area (Å²) in [6.07, 6.45) is 4.11. The summed E-state index contributed by atoms with van der Waals surface area (Å²) in [5.74, 6) is 0.395. The number of carbonyl (C=O) groups is 1. The maximum absolute atomic E-state index is 13.0. The average Bonchev–Trinajstić information content (AvgIpc) is 2.75. The van der Waals surface area contributed by atoms with E-state index in [2.05, 4.69) is 11.8 Å². The molecule has 30 heavy (non-hydrogen) atoms. The molecule has 7 heteroatoms. The Hall–Kier alpha value is -1.70. The van der Waals surface area contributed by atoms with Crippen molar-refractivity contribution in [3.63, 3.8) is 0 Å². The lowest BCUT2D eigenvalue weighted by atomic mass is 9.81. The van der Waals surface area contributed by atoms with Gasteiger partial charge < -0.3 is 24.0 Å². The minimum absolute atomic E-state index is 0.0721. The van der Waals surface area contributed by atoms with Crippen LogP contribution < -0.4 is 4.74 Å². The molecule has 3 aliphatic rings. The van der Waals surface area contributed by atoms with Crippen molar-refractivity contribution in [3.8, 4) is 5.75 Å². The first-order valence-electron chi connectivity index (χ1n) is 11.1. The number of morpholine rings is 1. The van der Waals surface area contributed by atoms with Gasteiger partial charge in [0.05, 0.1) is 6.54 Å². The second-order valence-corrected chi connectivity index (χ2v) is 9.17. The van der Waals surface area contributed by atoms with Crippen LogP contribution in [0.3, 0.4) is 0 Å². The number of hydrogen-bond donors (Lipinski definition) is 0. The Morgan fingerprint density at radius 1 is 1.17 bits per heavy atom. The average molecular weight is 421 g/mol. The molecule has 0 aromatic heterocycles. The third-order valence-corrected chi connectivity index (χ3v) is 6.72. The summed E-state index contributed by atoms with van der Waals surface area (Å²) in [5.41, 5.74) is 0.350. The Morgan fingerprint density at radius 2 is 1.87 bits per heavy atom. The molecule has 0 radical (unpaired) electrons. The lowest BCUT2D eigenvalue weighted by molar-refractivity contribution is -0.155. The van der Waals surface area contributed by atoms with Crippen molar-refractivity contribution in [1.82, 2.24) is 9.80 Å². The van der Waals surface area contributed by atoms with Crippen LogP contribution in [0.4, 0.5) is 4.39 Å². The van der Waals surface area contributed by atoms with Crippen LogP contribution in [0.1, 0.15) is 32.6 Å². The van der Waals surface area contributed by atoms with Crippen molar-refractivity contribution >= 4 is 5.91 Å². The van der Waals surface area contributed by atoms with Gasteiger partial charge in [-0.25, -0.2) is 4.39 Å². The second kappa shape index (κ2) is 9.62. The van der Waals surface area contributed by atoms with Gasteiger partial charge in [-0.05, 0) is 55.4 Å². The summed E-state index contributed by atoms with van der Waals surface area (Å²) < 4.78 is 30.0. The van der Waals surface area contributed by atoms with Crippen LogP contribution in [0.25, 0.3) is 0 Å². The molecule has 1 aromatic carbocycles. The highest BCUT2D eigenvalue weighted by Crippen LogP contribution is 2.32. The molecule has 3 heterocycles.